The zero-order valence-electron chi connectivity index (χ0n) is 8.43. The maximum absolute atomic E-state index is 9.76. The van der Waals surface area contributed by atoms with Crippen LogP contribution in [0.5, 0.6) is 0 Å². The van der Waals surface area contributed by atoms with E-state index in [1.54, 1.807) is 0 Å². The molecule has 2 atom stereocenters. The number of thioether (sulfide) groups is 1. The van der Waals surface area contributed by atoms with Gasteiger partial charge < -0.3 is 15.3 Å². The van der Waals surface area contributed by atoms with Crippen molar-refractivity contribution in [3.8, 4) is 0 Å². The normalized spacial score (nSPS) is 26.8. The Labute approximate surface area is 92.4 Å². The molecule has 0 bridgehead atoms. The largest absolute Gasteiger partial charge is 0.415 e. The molecule has 0 saturated heterocycles. The van der Waals surface area contributed by atoms with Crippen molar-refractivity contribution >= 4 is 11.8 Å². The summed E-state index contributed by atoms with van der Waals surface area (Å²) in [7, 11) is 0. The van der Waals surface area contributed by atoms with Crippen LogP contribution in [0.1, 0.15) is 31.6 Å². The molecule has 0 aromatic carbocycles. The quantitative estimate of drug-likeness (QED) is 0.801. The number of nitrogens with two attached hydrogens (primary N) is 1. The minimum Gasteiger partial charge on any atom is -0.415 e. The summed E-state index contributed by atoms with van der Waals surface area (Å²) in [5.41, 5.74) is 5.37. The summed E-state index contributed by atoms with van der Waals surface area (Å²) in [6.45, 7) is 0.265. The van der Waals surface area contributed by atoms with Crippen LogP contribution >= 0.6 is 11.8 Å². The Kier molecular flexibility index (Phi) is 3.61. The number of hydrogen-bond donors (Lipinski definition) is 2. The van der Waals surface area contributed by atoms with Crippen molar-refractivity contribution in [3.05, 3.63) is 5.89 Å². The molecule has 0 radical (unpaired) electrons. The van der Waals surface area contributed by atoms with E-state index in [0.29, 0.717) is 11.1 Å². The number of aromatic nitrogens is 2. The van der Waals surface area contributed by atoms with Gasteiger partial charge in [-0.05, 0) is 12.8 Å². The first-order valence-electron chi connectivity index (χ1n) is 5.17. The van der Waals surface area contributed by atoms with Gasteiger partial charge in [0.25, 0.3) is 5.22 Å². The summed E-state index contributed by atoms with van der Waals surface area (Å²) in [6, 6.07) is 0. The molecule has 3 N–H and O–H groups in total. The number of nitrogens with zero attached hydrogens (tertiary/aromatic N) is 2. The van der Waals surface area contributed by atoms with Crippen molar-refractivity contribution in [2.45, 2.75) is 48.8 Å². The number of aliphatic hydroxyl groups excluding tert-OH is 1. The fourth-order valence-corrected chi connectivity index (χ4v) is 2.78. The fraction of sp³-hybridized carbons (Fsp3) is 0.778. The third kappa shape index (κ3) is 2.70. The lowest BCUT2D eigenvalue weighted by Gasteiger charge is -2.25. The molecule has 15 heavy (non-hydrogen) atoms. The van der Waals surface area contributed by atoms with Crippen LogP contribution in [0.15, 0.2) is 9.64 Å². The molecular formula is C9H15N3O2S. The van der Waals surface area contributed by atoms with Crippen LogP contribution in [0, 0.1) is 0 Å². The first-order chi connectivity index (χ1) is 7.29. The minimum atomic E-state index is -0.253. The predicted molar refractivity (Wildman–Crippen MR) is 56.3 cm³/mol. The number of aliphatic hydroxyl groups is 1. The zero-order chi connectivity index (χ0) is 10.7. The molecule has 1 saturated carbocycles. The monoisotopic (exact) mass is 229 g/mol. The SMILES string of the molecule is NCc1nnc(SC2CCCCC2O)o1. The lowest BCUT2D eigenvalue weighted by Crippen LogP contribution is -2.26. The lowest BCUT2D eigenvalue weighted by atomic mass is 9.97. The summed E-state index contributed by atoms with van der Waals surface area (Å²) in [4.78, 5) is 0. The maximum atomic E-state index is 9.76. The van der Waals surface area contributed by atoms with Gasteiger partial charge in [-0.2, -0.15) is 0 Å². The second-order valence-corrected chi connectivity index (χ2v) is 4.86. The highest BCUT2D eigenvalue weighted by molar-refractivity contribution is 7.99. The van der Waals surface area contributed by atoms with Gasteiger partial charge in [0.05, 0.1) is 12.6 Å². The average molecular weight is 229 g/mol. The van der Waals surface area contributed by atoms with Gasteiger partial charge in [-0.1, -0.05) is 24.6 Å². The van der Waals surface area contributed by atoms with Crippen molar-refractivity contribution in [3.63, 3.8) is 0 Å². The summed E-state index contributed by atoms with van der Waals surface area (Å²) in [5.74, 6) is 0.447. The second kappa shape index (κ2) is 4.96. The van der Waals surface area contributed by atoms with Crippen LogP contribution in [-0.2, 0) is 6.54 Å². The third-order valence-corrected chi connectivity index (χ3v) is 3.76. The van der Waals surface area contributed by atoms with E-state index in [-0.39, 0.29) is 17.9 Å². The molecule has 1 aromatic heterocycles. The van der Waals surface area contributed by atoms with Gasteiger partial charge in [0.2, 0.25) is 5.89 Å². The van der Waals surface area contributed by atoms with Gasteiger partial charge in [-0.3, -0.25) is 0 Å². The van der Waals surface area contributed by atoms with E-state index in [2.05, 4.69) is 10.2 Å². The molecule has 84 valence electrons. The standard InChI is InChI=1S/C9H15N3O2S/c10-5-8-11-12-9(14-8)15-7-4-2-1-3-6(7)13/h6-7,13H,1-5,10H2. The van der Waals surface area contributed by atoms with Crippen LogP contribution in [0.4, 0.5) is 0 Å². The van der Waals surface area contributed by atoms with Gasteiger partial charge in [-0.15, -0.1) is 10.2 Å². The van der Waals surface area contributed by atoms with Crippen LogP contribution in [-0.4, -0.2) is 26.7 Å². The third-order valence-electron chi connectivity index (χ3n) is 2.54. The highest BCUT2D eigenvalue weighted by Crippen LogP contribution is 2.32. The van der Waals surface area contributed by atoms with Gasteiger partial charge >= 0.3 is 0 Å². The lowest BCUT2D eigenvalue weighted by molar-refractivity contribution is 0.136. The Morgan fingerprint density at radius 1 is 1.40 bits per heavy atom. The van der Waals surface area contributed by atoms with E-state index in [0.717, 1.165) is 25.7 Å². The van der Waals surface area contributed by atoms with Gasteiger partial charge in [-0.25, -0.2) is 0 Å². The van der Waals surface area contributed by atoms with Crippen molar-refractivity contribution < 1.29 is 9.52 Å². The van der Waals surface area contributed by atoms with Gasteiger partial charge in [0, 0.05) is 5.25 Å². The van der Waals surface area contributed by atoms with Gasteiger partial charge in [0.1, 0.15) is 0 Å². The molecule has 1 aliphatic carbocycles. The smallest absolute Gasteiger partial charge is 0.276 e. The molecule has 0 amide bonds. The Bertz CT molecular complexity index is 318. The molecule has 1 aliphatic rings. The summed E-state index contributed by atoms with van der Waals surface area (Å²) >= 11 is 1.46. The van der Waals surface area contributed by atoms with Crippen LogP contribution in [0.2, 0.25) is 0 Å². The van der Waals surface area contributed by atoms with Crippen LogP contribution in [0.3, 0.4) is 0 Å². The Morgan fingerprint density at radius 2 is 2.20 bits per heavy atom. The number of rotatable bonds is 3. The topological polar surface area (TPSA) is 85.2 Å². The summed E-state index contributed by atoms with van der Waals surface area (Å²) in [6.07, 6.45) is 3.89. The molecule has 0 aliphatic heterocycles. The van der Waals surface area contributed by atoms with E-state index >= 15 is 0 Å². The Morgan fingerprint density at radius 3 is 2.87 bits per heavy atom. The first-order valence-corrected chi connectivity index (χ1v) is 6.04. The van der Waals surface area contributed by atoms with Crippen LogP contribution in [0.25, 0.3) is 0 Å². The van der Waals surface area contributed by atoms with E-state index in [1.165, 1.54) is 11.8 Å². The van der Waals surface area contributed by atoms with Crippen molar-refractivity contribution in [1.29, 1.82) is 0 Å². The van der Waals surface area contributed by atoms with Crippen molar-refractivity contribution in [1.82, 2.24) is 10.2 Å². The van der Waals surface area contributed by atoms with E-state index in [4.69, 9.17) is 10.2 Å². The predicted octanol–water partition coefficient (Wildman–Crippen LogP) is 0.924. The zero-order valence-corrected chi connectivity index (χ0v) is 9.24. The summed E-state index contributed by atoms with van der Waals surface area (Å²) < 4.78 is 5.29. The maximum Gasteiger partial charge on any atom is 0.276 e. The molecule has 1 heterocycles. The fourth-order valence-electron chi connectivity index (χ4n) is 1.71. The highest BCUT2D eigenvalue weighted by atomic mass is 32.2. The van der Waals surface area contributed by atoms with E-state index in [1.807, 2.05) is 0 Å². The Hall–Kier alpha value is -0.590. The first kappa shape index (κ1) is 10.9. The molecule has 1 aromatic rings. The van der Waals surface area contributed by atoms with Crippen LogP contribution < -0.4 is 5.73 Å². The van der Waals surface area contributed by atoms with E-state index in [9.17, 15) is 5.11 Å². The number of hydrogen-bond acceptors (Lipinski definition) is 6. The van der Waals surface area contributed by atoms with Crippen molar-refractivity contribution in [2.24, 2.45) is 5.73 Å². The van der Waals surface area contributed by atoms with Crippen molar-refractivity contribution in [2.75, 3.05) is 0 Å². The molecule has 2 unspecified atom stereocenters. The molecular weight excluding hydrogens is 214 g/mol. The molecule has 6 heteroatoms. The van der Waals surface area contributed by atoms with Gasteiger partial charge in [0.15, 0.2) is 0 Å². The molecule has 5 nitrogen and oxygen atoms in total. The molecule has 1 fully saturated rings. The highest BCUT2D eigenvalue weighted by Gasteiger charge is 2.25. The molecule has 0 spiro atoms. The summed E-state index contributed by atoms with van der Waals surface area (Å²) in [5, 5.41) is 18.1. The minimum absolute atomic E-state index is 0.185. The molecule has 2 rings (SSSR count). The Balaban J connectivity index is 1.95. The average Bonchev–Trinajstić information content (AvgIpc) is 2.69. The van der Waals surface area contributed by atoms with E-state index < -0.39 is 0 Å². The second-order valence-electron chi connectivity index (χ2n) is 3.67.